The lowest BCUT2D eigenvalue weighted by molar-refractivity contribution is -0.132. The van der Waals surface area contributed by atoms with E-state index in [2.05, 4.69) is 18.8 Å². The fourth-order valence-electron chi connectivity index (χ4n) is 4.29. The van der Waals surface area contributed by atoms with Crippen LogP contribution in [0.2, 0.25) is 0 Å². The Bertz CT molecular complexity index is 842. The molecule has 2 aromatic rings. The van der Waals surface area contributed by atoms with Crippen molar-refractivity contribution in [3.63, 3.8) is 0 Å². The summed E-state index contributed by atoms with van der Waals surface area (Å²) in [6, 6.07) is 9.93. The molecule has 0 radical (unpaired) electrons. The summed E-state index contributed by atoms with van der Waals surface area (Å²) >= 11 is 0. The molecule has 1 aliphatic rings. The molecule has 1 aliphatic heterocycles. The molecule has 0 bridgehead atoms. The van der Waals surface area contributed by atoms with Crippen molar-refractivity contribution in [1.82, 2.24) is 14.8 Å². The van der Waals surface area contributed by atoms with E-state index in [-0.39, 0.29) is 17.9 Å². The van der Waals surface area contributed by atoms with Gasteiger partial charge in [-0.3, -0.25) is 14.6 Å². The first-order valence-corrected chi connectivity index (χ1v) is 10.9. The molecule has 1 atom stereocenters. The van der Waals surface area contributed by atoms with Crippen LogP contribution in [-0.2, 0) is 4.79 Å². The van der Waals surface area contributed by atoms with Gasteiger partial charge in [0.1, 0.15) is 5.69 Å². The predicted octanol–water partition coefficient (Wildman–Crippen LogP) is 4.51. The summed E-state index contributed by atoms with van der Waals surface area (Å²) in [5.41, 5.74) is 0.511. The molecule has 0 aliphatic carbocycles. The fraction of sp³-hybridized carbons (Fsp3) is 0.542. The second kappa shape index (κ2) is 9.86. The average Bonchev–Trinajstić information content (AvgIpc) is 3.02. The highest BCUT2D eigenvalue weighted by molar-refractivity contribution is 6.05. The van der Waals surface area contributed by atoms with Gasteiger partial charge in [0.25, 0.3) is 5.91 Å². The standard InChI is InChI=1S/C24H33N3O2/c1-4-18(5-2)17-22(28)27-15-8-10-20(13-16-27)26(3)24(29)23-21-11-7-6-9-19(21)12-14-25-23/h6-7,9,11-12,14,18,20H,4-5,8,10,13,15-17H2,1-3H3. The van der Waals surface area contributed by atoms with Crippen LogP contribution in [0, 0.1) is 5.92 Å². The van der Waals surface area contributed by atoms with Gasteiger partial charge in [0.15, 0.2) is 0 Å². The summed E-state index contributed by atoms with van der Waals surface area (Å²) in [6.07, 6.45) is 7.12. The maximum atomic E-state index is 13.2. The first-order valence-electron chi connectivity index (χ1n) is 10.9. The molecule has 1 aromatic heterocycles. The minimum atomic E-state index is -0.0383. The highest BCUT2D eigenvalue weighted by atomic mass is 16.2. The van der Waals surface area contributed by atoms with Crippen molar-refractivity contribution < 1.29 is 9.59 Å². The zero-order chi connectivity index (χ0) is 20.8. The van der Waals surface area contributed by atoms with E-state index in [0.717, 1.165) is 56.0 Å². The van der Waals surface area contributed by atoms with E-state index in [1.165, 1.54) is 0 Å². The van der Waals surface area contributed by atoms with Gasteiger partial charge in [0.2, 0.25) is 5.91 Å². The number of carbonyl (C=O) groups excluding carboxylic acids is 2. The summed E-state index contributed by atoms with van der Waals surface area (Å²) in [5.74, 6) is 0.705. The van der Waals surface area contributed by atoms with Gasteiger partial charge >= 0.3 is 0 Å². The largest absolute Gasteiger partial charge is 0.343 e. The Morgan fingerprint density at radius 2 is 1.90 bits per heavy atom. The zero-order valence-corrected chi connectivity index (χ0v) is 17.9. The lowest BCUT2D eigenvalue weighted by atomic mass is 9.99. The third kappa shape index (κ3) is 4.95. The number of nitrogens with zero attached hydrogens (tertiary/aromatic N) is 3. The minimum absolute atomic E-state index is 0.0383. The van der Waals surface area contributed by atoms with E-state index in [1.54, 1.807) is 6.20 Å². The van der Waals surface area contributed by atoms with Crippen LogP contribution < -0.4 is 0 Å². The second-order valence-electron chi connectivity index (χ2n) is 8.15. The van der Waals surface area contributed by atoms with E-state index in [0.29, 0.717) is 18.0 Å². The zero-order valence-electron chi connectivity index (χ0n) is 17.9. The molecule has 1 aromatic carbocycles. The van der Waals surface area contributed by atoms with Crippen molar-refractivity contribution in [2.24, 2.45) is 5.92 Å². The molecule has 2 heterocycles. The Balaban J connectivity index is 1.66. The normalized spacial score (nSPS) is 17.4. The molecular formula is C24H33N3O2. The average molecular weight is 396 g/mol. The quantitative estimate of drug-likeness (QED) is 0.723. The number of benzene rings is 1. The first-order chi connectivity index (χ1) is 14.0. The van der Waals surface area contributed by atoms with Crippen molar-refractivity contribution in [2.75, 3.05) is 20.1 Å². The van der Waals surface area contributed by atoms with Gasteiger partial charge in [-0.15, -0.1) is 0 Å². The first kappa shape index (κ1) is 21.3. The van der Waals surface area contributed by atoms with Gasteiger partial charge in [-0.25, -0.2) is 0 Å². The Labute approximate surface area is 174 Å². The number of hydrogen-bond acceptors (Lipinski definition) is 3. The molecule has 3 rings (SSSR count). The number of pyridine rings is 1. The lowest BCUT2D eigenvalue weighted by Gasteiger charge is -2.28. The Morgan fingerprint density at radius 1 is 1.14 bits per heavy atom. The van der Waals surface area contributed by atoms with Crippen LogP contribution in [0.3, 0.4) is 0 Å². The molecular weight excluding hydrogens is 362 g/mol. The van der Waals surface area contributed by atoms with Gasteiger partial charge in [-0.2, -0.15) is 0 Å². The number of aromatic nitrogens is 1. The predicted molar refractivity (Wildman–Crippen MR) is 117 cm³/mol. The summed E-state index contributed by atoms with van der Waals surface area (Å²) in [4.78, 5) is 34.1. The van der Waals surface area contributed by atoms with Crippen LogP contribution in [0.25, 0.3) is 10.8 Å². The third-order valence-electron chi connectivity index (χ3n) is 6.41. The molecule has 156 valence electrons. The summed E-state index contributed by atoms with van der Waals surface area (Å²) in [5, 5.41) is 1.92. The van der Waals surface area contributed by atoms with Crippen molar-refractivity contribution in [1.29, 1.82) is 0 Å². The van der Waals surface area contributed by atoms with Gasteiger partial charge in [0.05, 0.1) is 0 Å². The number of hydrogen-bond donors (Lipinski definition) is 0. The van der Waals surface area contributed by atoms with Crippen LogP contribution in [-0.4, -0.2) is 52.8 Å². The molecule has 5 nitrogen and oxygen atoms in total. The van der Waals surface area contributed by atoms with Crippen LogP contribution in [0.5, 0.6) is 0 Å². The molecule has 1 unspecified atom stereocenters. The van der Waals surface area contributed by atoms with Crippen molar-refractivity contribution >= 4 is 22.6 Å². The van der Waals surface area contributed by atoms with Crippen molar-refractivity contribution in [3.8, 4) is 0 Å². The SMILES string of the molecule is CCC(CC)CC(=O)N1CCCC(N(C)C(=O)c2nccc3ccccc23)CC1. The van der Waals surface area contributed by atoms with Crippen LogP contribution in [0.4, 0.5) is 0 Å². The number of fused-ring (bicyclic) bond motifs is 1. The van der Waals surface area contributed by atoms with E-state index >= 15 is 0 Å². The van der Waals surface area contributed by atoms with Crippen LogP contribution in [0.1, 0.15) is 62.9 Å². The Morgan fingerprint density at radius 3 is 2.66 bits per heavy atom. The smallest absolute Gasteiger partial charge is 0.273 e. The highest BCUT2D eigenvalue weighted by Gasteiger charge is 2.27. The van der Waals surface area contributed by atoms with Gasteiger partial charge < -0.3 is 9.80 Å². The second-order valence-corrected chi connectivity index (χ2v) is 8.15. The maximum Gasteiger partial charge on any atom is 0.273 e. The summed E-state index contributed by atoms with van der Waals surface area (Å²) in [6.45, 7) is 5.83. The highest BCUT2D eigenvalue weighted by Crippen LogP contribution is 2.23. The van der Waals surface area contributed by atoms with Gasteiger partial charge in [0, 0.05) is 44.2 Å². The van der Waals surface area contributed by atoms with E-state index in [9.17, 15) is 9.59 Å². The summed E-state index contributed by atoms with van der Waals surface area (Å²) in [7, 11) is 1.87. The lowest BCUT2D eigenvalue weighted by Crippen LogP contribution is -2.39. The van der Waals surface area contributed by atoms with E-state index < -0.39 is 0 Å². The Kier molecular flexibility index (Phi) is 7.24. The number of carbonyl (C=O) groups is 2. The molecule has 0 N–H and O–H groups in total. The van der Waals surface area contributed by atoms with Gasteiger partial charge in [-0.05, 0) is 36.6 Å². The van der Waals surface area contributed by atoms with Crippen molar-refractivity contribution in [2.45, 2.75) is 58.4 Å². The third-order valence-corrected chi connectivity index (χ3v) is 6.41. The minimum Gasteiger partial charge on any atom is -0.343 e. The maximum absolute atomic E-state index is 13.2. The molecule has 1 saturated heterocycles. The fourth-order valence-corrected chi connectivity index (χ4v) is 4.29. The van der Waals surface area contributed by atoms with E-state index in [4.69, 9.17) is 0 Å². The molecule has 29 heavy (non-hydrogen) atoms. The monoisotopic (exact) mass is 395 g/mol. The molecule has 0 saturated carbocycles. The molecule has 2 amide bonds. The van der Waals surface area contributed by atoms with Crippen LogP contribution in [0.15, 0.2) is 36.5 Å². The van der Waals surface area contributed by atoms with Gasteiger partial charge in [-0.1, -0.05) is 51.0 Å². The van der Waals surface area contributed by atoms with Crippen LogP contribution >= 0.6 is 0 Å². The number of likely N-dealkylation sites (tertiary alicyclic amines) is 1. The Hall–Kier alpha value is -2.43. The van der Waals surface area contributed by atoms with Crippen molar-refractivity contribution in [3.05, 3.63) is 42.2 Å². The number of amides is 2. The molecule has 1 fully saturated rings. The summed E-state index contributed by atoms with van der Waals surface area (Å²) < 4.78 is 0. The van der Waals surface area contributed by atoms with E-state index in [1.807, 2.05) is 47.2 Å². The molecule has 5 heteroatoms. The molecule has 0 spiro atoms. The topological polar surface area (TPSA) is 53.5 Å². The number of rotatable bonds is 6.